The Morgan fingerprint density at radius 1 is 1.03 bits per heavy atom. The van der Waals surface area contributed by atoms with E-state index in [1.807, 2.05) is 44.2 Å². The fourth-order valence-corrected chi connectivity index (χ4v) is 3.90. The van der Waals surface area contributed by atoms with Crippen LogP contribution in [0.5, 0.6) is 5.75 Å². The van der Waals surface area contributed by atoms with Crippen LogP contribution in [0.25, 0.3) is 16.7 Å². The van der Waals surface area contributed by atoms with Crippen molar-refractivity contribution in [2.45, 2.75) is 33.6 Å². The van der Waals surface area contributed by atoms with Crippen molar-refractivity contribution in [2.75, 3.05) is 11.9 Å². The average molecular weight is 449 g/mol. The van der Waals surface area contributed by atoms with Crippen LogP contribution in [0.1, 0.15) is 36.5 Å². The first-order valence-electron chi connectivity index (χ1n) is 10.5. The third kappa shape index (κ3) is 4.75. The lowest BCUT2D eigenvalue weighted by Gasteiger charge is -2.12. The maximum atomic E-state index is 12.4. The van der Waals surface area contributed by atoms with E-state index in [2.05, 4.69) is 41.5 Å². The molecule has 0 aliphatic carbocycles. The molecule has 0 fully saturated rings. The molecule has 1 amide bonds. The average Bonchev–Trinajstić information content (AvgIpc) is 3.16. The summed E-state index contributed by atoms with van der Waals surface area (Å²) in [4.78, 5) is 14.0. The fraction of sp³-hybridized carbons (Fsp3) is 0.240. The molecule has 164 valence electrons. The van der Waals surface area contributed by atoms with Crippen LogP contribution in [0.2, 0.25) is 5.02 Å². The van der Waals surface area contributed by atoms with Gasteiger partial charge >= 0.3 is 0 Å². The van der Waals surface area contributed by atoms with E-state index in [9.17, 15) is 4.79 Å². The number of aromatic nitrogens is 3. The summed E-state index contributed by atoms with van der Waals surface area (Å²) in [7, 11) is 0. The molecule has 0 spiro atoms. The fourth-order valence-electron chi connectivity index (χ4n) is 3.52. The third-order valence-electron chi connectivity index (χ3n) is 5.18. The van der Waals surface area contributed by atoms with Gasteiger partial charge in [-0.1, -0.05) is 43.6 Å². The summed E-state index contributed by atoms with van der Waals surface area (Å²) < 4.78 is 5.66. The third-order valence-corrected chi connectivity index (χ3v) is 5.46. The highest BCUT2D eigenvalue weighted by Gasteiger charge is 2.11. The monoisotopic (exact) mass is 448 g/mol. The number of anilines is 1. The van der Waals surface area contributed by atoms with E-state index in [0.29, 0.717) is 27.9 Å². The normalized spacial score (nSPS) is 11.2. The number of rotatable bonds is 6. The number of hydrogen-bond acceptors (Lipinski definition) is 4. The molecular weight excluding hydrogens is 424 g/mol. The molecular formula is C25H25ClN4O2. The van der Waals surface area contributed by atoms with E-state index in [1.165, 1.54) is 5.56 Å². The first-order chi connectivity index (χ1) is 15.3. The van der Waals surface area contributed by atoms with E-state index in [4.69, 9.17) is 16.3 Å². The molecule has 4 aromatic rings. The second kappa shape index (κ2) is 9.01. The second-order valence-electron chi connectivity index (χ2n) is 8.17. The van der Waals surface area contributed by atoms with Crippen molar-refractivity contribution in [3.63, 3.8) is 0 Å². The van der Waals surface area contributed by atoms with Crippen LogP contribution < -0.4 is 10.1 Å². The summed E-state index contributed by atoms with van der Waals surface area (Å²) in [5.74, 6) is 0.709. The summed E-state index contributed by atoms with van der Waals surface area (Å²) >= 11 is 6.25. The van der Waals surface area contributed by atoms with Gasteiger partial charge in [0, 0.05) is 5.69 Å². The highest BCUT2D eigenvalue weighted by atomic mass is 35.5. The molecule has 0 atom stereocenters. The number of benzene rings is 3. The van der Waals surface area contributed by atoms with Gasteiger partial charge in [0.25, 0.3) is 5.91 Å². The predicted molar refractivity (Wildman–Crippen MR) is 128 cm³/mol. The Balaban J connectivity index is 1.45. The molecule has 1 N–H and O–H groups in total. The van der Waals surface area contributed by atoms with Gasteiger partial charge in [-0.3, -0.25) is 4.79 Å². The molecule has 0 aliphatic heterocycles. The largest absolute Gasteiger partial charge is 0.482 e. The standard InChI is InChI=1S/C25H25ClN4O2/c1-15(2)18-5-8-20(9-6-18)30-28-22-10-7-19(13-23(22)29-30)27-24(31)14-32-25-17(4)11-16(3)12-21(25)26/h5-13,15H,14H2,1-4H3,(H,27,31). The molecule has 0 saturated heterocycles. The van der Waals surface area contributed by atoms with Crippen molar-refractivity contribution in [2.24, 2.45) is 0 Å². The summed E-state index contributed by atoms with van der Waals surface area (Å²) in [6, 6.07) is 17.4. The van der Waals surface area contributed by atoms with Crippen LogP contribution in [0, 0.1) is 13.8 Å². The zero-order chi connectivity index (χ0) is 22.8. The number of amides is 1. The number of fused-ring (bicyclic) bond motifs is 1. The summed E-state index contributed by atoms with van der Waals surface area (Å²) in [5, 5.41) is 12.4. The molecule has 6 nitrogen and oxygen atoms in total. The molecule has 1 heterocycles. The lowest BCUT2D eigenvalue weighted by atomic mass is 10.0. The molecule has 7 heteroatoms. The Hall–Kier alpha value is -3.38. The summed E-state index contributed by atoms with van der Waals surface area (Å²) in [6.45, 7) is 8.04. The van der Waals surface area contributed by atoms with Gasteiger partial charge in [0.05, 0.1) is 10.7 Å². The van der Waals surface area contributed by atoms with Crippen molar-refractivity contribution in [1.29, 1.82) is 0 Å². The van der Waals surface area contributed by atoms with Gasteiger partial charge in [-0.15, -0.1) is 10.2 Å². The quantitative estimate of drug-likeness (QED) is 0.402. The lowest BCUT2D eigenvalue weighted by Crippen LogP contribution is -2.20. The molecule has 4 rings (SSSR count). The first kappa shape index (κ1) is 21.8. The van der Waals surface area contributed by atoms with E-state index in [0.717, 1.165) is 22.3 Å². The zero-order valence-electron chi connectivity index (χ0n) is 18.5. The van der Waals surface area contributed by atoms with Gasteiger partial charge in [0.15, 0.2) is 6.61 Å². The Labute approximate surface area is 192 Å². The Morgan fingerprint density at radius 2 is 1.75 bits per heavy atom. The van der Waals surface area contributed by atoms with Crippen molar-refractivity contribution >= 4 is 34.2 Å². The molecule has 0 unspecified atom stereocenters. The Bertz CT molecular complexity index is 1260. The molecule has 0 radical (unpaired) electrons. The minimum absolute atomic E-state index is 0.142. The van der Waals surface area contributed by atoms with E-state index in [-0.39, 0.29) is 12.5 Å². The van der Waals surface area contributed by atoms with E-state index < -0.39 is 0 Å². The number of halogens is 1. The van der Waals surface area contributed by atoms with Crippen molar-refractivity contribution in [3.8, 4) is 11.4 Å². The molecule has 0 saturated carbocycles. The van der Waals surface area contributed by atoms with Gasteiger partial charge in [-0.25, -0.2) is 0 Å². The van der Waals surface area contributed by atoms with Gasteiger partial charge in [-0.05, 0) is 72.9 Å². The minimum atomic E-state index is -0.281. The van der Waals surface area contributed by atoms with Gasteiger partial charge in [-0.2, -0.15) is 4.80 Å². The zero-order valence-corrected chi connectivity index (χ0v) is 19.3. The number of carbonyl (C=O) groups is 1. The van der Waals surface area contributed by atoms with Gasteiger partial charge in [0.1, 0.15) is 16.8 Å². The van der Waals surface area contributed by atoms with Crippen LogP contribution in [0.3, 0.4) is 0 Å². The Morgan fingerprint density at radius 3 is 2.44 bits per heavy atom. The second-order valence-corrected chi connectivity index (χ2v) is 8.58. The molecule has 0 bridgehead atoms. The number of ether oxygens (including phenoxy) is 1. The first-order valence-corrected chi connectivity index (χ1v) is 10.8. The van der Waals surface area contributed by atoms with E-state index in [1.54, 1.807) is 16.9 Å². The predicted octanol–water partition coefficient (Wildman–Crippen LogP) is 5.83. The number of carbonyl (C=O) groups excluding carboxylic acids is 1. The molecule has 3 aromatic carbocycles. The number of nitrogens with one attached hydrogen (secondary N) is 1. The van der Waals surface area contributed by atoms with Crippen molar-refractivity contribution in [3.05, 3.63) is 76.3 Å². The van der Waals surface area contributed by atoms with Crippen LogP contribution >= 0.6 is 11.6 Å². The van der Waals surface area contributed by atoms with Crippen LogP contribution in [0.15, 0.2) is 54.6 Å². The van der Waals surface area contributed by atoms with Gasteiger partial charge < -0.3 is 10.1 Å². The highest BCUT2D eigenvalue weighted by Crippen LogP contribution is 2.29. The highest BCUT2D eigenvalue weighted by molar-refractivity contribution is 6.32. The minimum Gasteiger partial charge on any atom is -0.482 e. The van der Waals surface area contributed by atoms with Gasteiger partial charge in [0.2, 0.25) is 0 Å². The topological polar surface area (TPSA) is 69.0 Å². The molecule has 0 aliphatic rings. The van der Waals surface area contributed by atoms with E-state index >= 15 is 0 Å². The Kier molecular flexibility index (Phi) is 6.15. The summed E-state index contributed by atoms with van der Waals surface area (Å²) in [6.07, 6.45) is 0. The van der Waals surface area contributed by atoms with Crippen LogP contribution in [-0.4, -0.2) is 27.5 Å². The van der Waals surface area contributed by atoms with Crippen molar-refractivity contribution in [1.82, 2.24) is 15.0 Å². The maximum absolute atomic E-state index is 12.4. The summed E-state index contributed by atoms with van der Waals surface area (Å²) in [5.41, 5.74) is 6.14. The smallest absolute Gasteiger partial charge is 0.262 e. The molecule has 32 heavy (non-hydrogen) atoms. The number of nitrogens with zero attached hydrogens (tertiary/aromatic N) is 3. The SMILES string of the molecule is Cc1cc(C)c(OCC(=O)Nc2ccc3nn(-c4ccc(C(C)C)cc4)nc3c2)c(Cl)c1. The lowest BCUT2D eigenvalue weighted by molar-refractivity contribution is -0.118. The molecule has 1 aromatic heterocycles. The number of hydrogen-bond donors (Lipinski definition) is 1. The van der Waals surface area contributed by atoms with Crippen molar-refractivity contribution < 1.29 is 9.53 Å². The maximum Gasteiger partial charge on any atom is 0.262 e. The van der Waals surface area contributed by atoms with Crippen LogP contribution in [-0.2, 0) is 4.79 Å². The van der Waals surface area contributed by atoms with Crippen LogP contribution in [0.4, 0.5) is 5.69 Å². The number of aryl methyl sites for hydroxylation is 2.